The molecule has 0 N–H and O–H groups in total. The lowest BCUT2D eigenvalue weighted by molar-refractivity contribution is -0.141. The second-order valence-electron chi connectivity index (χ2n) is 7.87. The Kier molecular flexibility index (Phi) is 5.16. The molecule has 1 saturated heterocycles. The van der Waals surface area contributed by atoms with E-state index in [0.717, 1.165) is 10.6 Å². The number of rotatable bonds is 2. The van der Waals surface area contributed by atoms with Crippen molar-refractivity contribution >= 4 is 11.7 Å². The number of hydrogen-bond donors (Lipinski definition) is 0. The summed E-state index contributed by atoms with van der Waals surface area (Å²) in [5.74, 6) is 0.00157. The molecule has 3 rings (SSSR count). The van der Waals surface area contributed by atoms with Crippen LogP contribution in [-0.2, 0) is 10.9 Å². The molecule has 0 saturated carbocycles. The van der Waals surface area contributed by atoms with E-state index in [9.17, 15) is 18.0 Å². The van der Waals surface area contributed by atoms with Gasteiger partial charge in [-0.25, -0.2) is 14.8 Å². The summed E-state index contributed by atoms with van der Waals surface area (Å²) in [6.45, 7) is 7.53. The van der Waals surface area contributed by atoms with Crippen LogP contribution in [0.4, 0.5) is 18.0 Å². The van der Waals surface area contributed by atoms with Crippen molar-refractivity contribution in [3.05, 3.63) is 24.3 Å². The predicted octanol–water partition coefficient (Wildman–Crippen LogP) is 3.91. The summed E-state index contributed by atoms with van der Waals surface area (Å²) >= 11 is 0. The number of ether oxygens (including phenoxy) is 2. The summed E-state index contributed by atoms with van der Waals surface area (Å²) in [5.41, 5.74) is -1.54. The van der Waals surface area contributed by atoms with Gasteiger partial charge in [-0.05, 0) is 40.5 Å². The van der Waals surface area contributed by atoms with Gasteiger partial charge in [0, 0.05) is 18.4 Å². The first kappa shape index (κ1) is 20.2. The molecule has 154 valence electrons. The van der Waals surface area contributed by atoms with Gasteiger partial charge >= 0.3 is 12.3 Å². The third-order valence-electron chi connectivity index (χ3n) is 4.43. The number of fused-ring (bicyclic) bond motifs is 1. The van der Waals surface area contributed by atoms with Crippen LogP contribution in [0.1, 0.15) is 46.2 Å². The SMILES string of the molecule is C[C@@H]1CC[C@@H](Oc2nccn3c(C(F)(F)F)cnc23)CN1C(=O)OC(C)(C)C. The summed E-state index contributed by atoms with van der Waals surface area (Å²) in [6, 6.07) is -0.0262. The number of amides is 1. The van der Waals surface area contributed by atoms with Gasteiger partial charge < -0.3 is 14.4 Å². The number of imidazole rings is 1. The van der Waals surface area contributed by atoms with E-state index in [1.807, 2.05) is 6.92 Å². The van der Waals surface area contributed by atoms with Crippen LogP contribution < -0.4 is 4.74 Å². The van der Waals surface area contributed by atoms with E-state index in [1.165, 1.54) is 12.4 Å². The molecule has 0 aromatic carbocycles. The molecule has 0 aliphatic carbocycles. The maximum Gasteiger partial charge on any atom is 0.433 e. The third kappa shape index (κ3) is 4.31. The predicted molar refractivity (Wildman–Crippen MR) is 94.0 cm³/mol. The van der Waals surface area contributed by atoms with Gasteiger partial charge in [0.2, 0.25) is 5.65 Å². The molecule has 0 spiro atoms. The highest BCUT2D eigenvalue weighted by atomic mass is 19.4. The Hall–Kier alpha value is -2.52. The van der Waals surface area contributed by atoms with Crippen molar-refractivity contribution in [3.63, 3.8) is 0 Å². The van der Waals surface area contributed by atoms with Crippen LogP contribution in [-0.4, -0.2) is 49.7 Å². The van der Waals surface area contributed by atoms with E-state index < -0.39 is 29.7 Å². The first-order chi connectivity index (χ1) is 13.0. The average molecular weight is 400 g/mol. The zero-order chi connectivity index (χ0) is 20.7. The van der Waals surface area contributed by atoms with Crippen LogP contribution in [0.15, 0.2) is 18.6 Å². The fourth-order valence-corrected chi connectivity index (χ4v) is 3.09. The van der Waals surface area contributed by atoms with Crippen molar-refractivity contribution in [3.8, 4) is 5.88 Å². The lowest BCUT2D eigenvalue weighted by atomic mass is 10.0. The number of piperidine rings is 1. The highest BCUT2D eigenvalue weighted by molar-refractivity contribution is 5.68. The number of halogens is 3. The van der Waals surface area contributed by atoms with Crippen molar-refractivity contribution in [1.29, 1.82) is 0 Å². The van der Waals surface area contributed by atoms with Crippen LogP contribution in [0.25, 0.3) is 5.65 Å². The molecular weight excluding hydrogens is 377 g/mol. The lowest BCUT2D eigenvalue weighted by Crippen LogP contribution is -2.50. The monoisotopic (exact) mass is 400 g/mol. The fraction of sp³-hybridized carbons (Fsp3) is 0.611. The van der Waals surface area contributed by atoms with Gasteiger partial charge in [-0.2, -0.15) is 13.2 Å². The van der Waals surface area contributed by atoms with Crippen LogP contribution in [0.2, 0.25) is 0 Å². The first-order valence-electron chi connectivity index (χ1n) is 9.01. The Morgan fingerprint density at radius 2 is 1.93 bits per heavy atom. The van der Waals surface area contributed by atoms with E-state index in [-0.39, 0.29) is 24.1 Å². The van der Waals surface area contributed by atoms with Crippen molar-refractivity contribution in [2.24, 2.45) is 0 Å². The molecule has 1 aliphatic rings. The smallest absolute Gasteiger partial charge is 0.433 e. The van der Waals surface area contributed by atoms with E-state index >= 15 is 0 Å². The Morgan fingerprint density at radius 3 is 2.57 bits per heavy atom. The highest BCUT2D eigenvalue weighted by Gasteiger charge is 2.36. The molecule has 28 heavy (non-hydrogen) atoms. The third-order valence-corrected chi connectivity index (χ3v) is 4.43. The highest BCUT2D eigenvalue weighted by Crippen LogP contribution is 2.32. The largest absolute Gasteiger partial charge is 0.470 e. The topological polar surface area (TPSA) is 69.0 Å². The summed E-state index contributed by atoms with van der Waals surface area (Å²) < 4.78 is 51.4. The van der Waals surface area contributed by atoms with Crippen LogP contribution in [0.3, 0.4) is 0 Å². The maximum absolute atomic E-state index is 13.1. The summed E-state index contributed by atoms with van der Waals surface area (Å²) in [7, 11) is 0. The van der Waals surface area contributed by atoms with E-state index in [1.54, 1.807) is 25.7 Å². The summed E-state index contributed by atoms with van der Waals surface area (Å²) in [5, 5.41) is 0. The number of hydrogen-bond acceptors (Lipinski definition) is 5. The first-order valence-corrected chi connectivity index (χ1v) is 9.01. The molecular formula is C18H23F3N4O3. The van der Waals surface area contributed by atoms with Gasteiger partial charge in [0.25, 0.3) is 5.88 Å². The quantitative estimate of drug-likeness (QED) is 0.764. The maximum atomic E-state index is 13.1. The van der Waals surface area contributed by atoms with Gasteiger partial charge in [0.15, 0.2) is 0 Å². The number of carbonyl (C=O) groups is 1. The zero-order valence-electron chi connectivity index (χ0n) is 16.2. The molecule has 0 bridgehead atoms. The normalized spacial score (nSPS) is 21.0. The minimum atomic E-state index is -4.54. The molecule has 3 heterocycles. The molecule has 0 unspecified atom stereocenters. The Morgan fingerprint density at radius 1 is 1.21 bits per heavy atom. The zero-order valence-corrected chi connectivity index (χ0v) is 16.2. The van der Waals surface area contributed by atoms with Gasteiger partial charge in [-0.3, -0.25) is 4.40 Å². The van der Waals surface area contributed by atoms with Crippen molar-refractivity contribution < 1.29 is 27.4 Å². The molecule has 2 aromatic heterocycles. The molecule has 7 nitrogen and oxygen atoms in total. The number of aromatic nitrogens is 3. The van der Waals surface area contributed by atoms with Gasteiger partial charge in [0.05, 0.1) is 12.7 Å². The minimum Gasteiger partial charge on any atom is -0.470 e. The standard InChI is InChI=1S/C18H23F3N4O3/c1-11-5-6-12(10-25(11)16(26)28-17(2,3)4)27-15-14-23-9-13(18(19,20)21)24(14)8-7-22-15/h7-9,11-12H,5-6,10H2,1-4H3/t11-,12-/m1/s1. The molecule has 1 amide bonds. The van der Waals surface area contributed by atoms with Gasteiger partial charge in [0.1, 0.15) is 17.4 Å². The minimum absolute atomic E-state index is 0.00157. The van der Waals surface area contributed by atoms with Crippen molar-refractivity contribution in [1.82, 2.24) is 19.3 Å². The van der Waals surface area contributed by atoms with Gasteiger partial charge in [-0.15, -0.1) is 0 Å². The number of carbonyl (C=O) groups excluding carboxylic acids is 1. The number of nitrogens with zero attached hydrogens (tertiary/aromatic N) is 4. The summed E-state index contributed by atoms with van der Waals surface area (Å²) in [6.07, 6.45) is -0.922. The van der Waals surface area contributed by atoms with Crippen molar-refractivity contribution in [2.45, 2.75) is 64.5 Å². The summed E-state index contributed by atoms with van der Waals surface area (Å²) in [4.78, 5) is 21.9. The average Bonchev–Trinajstić information content (AvgIpc) is 3.00. The second kappa shape index (κ2) is 7.14. The fourth-order valence-electron chi connectivity index (χ4n) is 3.09. The molecule has 10 heteroatoms. The van der Waals surface area contributed by atoms with Crippen molar-refractivity contribution in [2.75, 3.05) is 6.54 Å². The number of alkyl halides is 3. The van der Waals surface area contributed by atoms with Gasteiger partial charge in [-0.1, -0.05) is 0 Å². The Labute approximate surface area is 160 Å². The lowest BCUT2D eigenvalue weighted by Gasteiger charge is -2.38. The van der Waals surface area contributed by atoms with E-state index in [2.05, 4.69) is 9.97 Å². The second-order valence-corrected chi connectivity index (χ2v) is 7.87. The molecule has 1 aliphatic heterocycles. The Bertz CT molecular complexity index is 860. The van der Waals surface area contributed by atoms with E-state index in [0.29, 0.717) is 12.8 Å². The van der Waals surface area contributed by atoms with Crippen LogP contribution in [0.5, 0.6) is 5.88 Å². The number of likely N-dealkylation sites (tertiary alicyclic amines) is 1. The Balaban J connectivity index is 1.78. The van der Waals surface area contributed by atoms with Crippen LogP contribution in [0, 0.1) is 0 Å². The molecule has 0 radical (unpaired) electrons. The van der Waals surface area contributed by atoms with E-state index in [4.69, 9.17) is 9.47 Å². The van der Waals surface area contributed by atoms with Crippen LogP contribution >= 0.6 is 0 Å². The molecule has 2 atom stereocenters. The molecule has 1 fully saturated rings. The molecule has 2 aromatic rings.